The molecule has 2 N–H and O–H groups in total. The van der Waals surface area contributed by atoms with Crippen LogP contribution in [0.3, 0.4) is 0 Å². The maximum absolute atomic E-state index is 12.5. The van der Waals surface area contributed by atoms with E-state index in [1.54, 1.807) is 49.6 Å². The molecule has 0 bridgehead atoms. The van der Waals surface area contributed by atoms with Crippen LogP contribution in [0.2, 0.25) is 0 Å². The molecule has 1 amide bonds. The minimum Gasteiger partial charge on any atom is -0.493 e. The largest absolute Gasteiger partial charge is 0.493 e. The first-order valence-corrected chi connectivity index (χ1v) is 11.0. The van der Waals surface area contributed by atoms with Crippen LogP contribution in [0, 0.1) is 0 Å². The minimum absolute atomic E-state index is 0.176. The SMILES string of the molecule is COc1ccc(NC(=O)c2ccc(NS(C)(=O)=O)cc2)cc1OC1CCCC1. The molecule has 28 heavy (non-hydrogen) atoms. The fourth-order valence-corrected chi connectivity index (χ4v) is 3.70. The fraction of sp³-hybridized carbons (Fsp3) is 0.350. The Labute approximate surface area is 165 Å². The number of benzene rings is 2. The highest BCUT2D eigenvalue weighted by Crippen LogP contribution is 2.34. The third-order valence-electron chi connectivity index (χ3n) is 4.47. The summed E-state index contributed by atoms with van der Waals surface area (Å²) in [6, 6.07) is 11.5. The van der Waals surface area contributed by atoms with Crippen LogP contribution in [0.25, 0.3) is 0 Å². The van der Waals surface area contributed by atoms with Gasteiger partial charge in [0.15, 0.2) is 11.5 Å². The van der Waals surface area contributed by atoms with E-state index in [4.69, 9.17) is 9.47 Å². The maximum atomic E-state index is 12.5. The van der Waals surface area contributed by atoms with E-state index < -0.39 is 10.0 Å². The molecule has 3 rings (SSSR count). The lowest BCUT2D eigenvalue weighted by atomic mass is 10.2. The number of hydrogen-bond donors (Lipinski definition) is 2. The molecule has 2 aromatic rings. The maximum Gasteiger partial charge on any atom is 0.255 e. The summed E-state index contributed by atoms with van der Waals surface area (Å²) in [6.07, 6.45) is 5.61. The summed E-state index contributed by atoms with van der Waals surface area (Å²) in [5, 5.41) is 2.83. The number of hydrogen-bond acceptors (Lipinski definition) is 5. The smallest absolute Gasteiger partial charge is 0.255 e. The number of rotatable bonds is 7. The van der Waals surface area contributed by atoms with E-state index in [-0.39, 0.29) is 12.0 Å². The van der Waals surface area contributed by atoms with Gasteiger partial charge in [-0.05, 0) is 62.1 Å². The van der Waals surface area contributed by atoms with Gasteiger partial charge in [0, 0.05) is 23.0 Å². The van der Waals surface area contributed by atoms with Crippen molar-refractivity contribution in [2.75, 3.05) is 23.4 Å². The molecule has 150 valence electrons. The number of carbonyl (C=O) groups is 1. The van der Waals surface area contributed by atoms with Gasteiger partial charge in [0.05, 0.1) is 19.5 Å². The normalized spacial score (nSPS) is 14.5. The third-order valence-corrected chi connectivity index (χ3v) is 5.07. The molecule has 0 radical (unpaired) electrons. The van der Waals surface area contributed by atoms with Crippen molar-refractivity contribution in [1.82, 2.24) is 0 Å². The molecule has 0 atom stereocenters. The molecule has 2 aromatic carbocycles. The van der Waals surface area contributed by atoms with Crippen LogP contribution in [0.5, 0.6) is 11.5 Å². The molecular weight excluding hydrogens is 380 g/mol. The van der Waals surface area contributed by atoms with Gasteiger partial charge in [0.1, 0.15) is 0 Å². The summed E-state index contributed by atoms with van der Waals surface area (Å²) in [7, 11) is -1.77. The number of carbonyl (C=O) groups excluding carboxylic acids is 1. The predicted octanol–water partition coefficient (Wildman–Crippen LogP) is 3.64. The van der Waals surface area contributed by atoms with Crippen LogP contribution in [0.15, 0.2) is 42.5 Å². The number of anilines is 2. The summed E-state index contributed by atoms with van der Waals surface area (Å²) in [4.78, 5) is 12.5. The third kappa shape index (κ3) is 5.39. The highest BCUT2D eigenvalue weighted by Gasteiger charge is 2.19. The topological polar surface area (TPSA) is 93.7 Å². The molecule has 0 saturated heterocycles. The number of sulfonamides is 1. The first kappa shape index (κ1) is 20.0. The Hall–Kier alpha value is -2.74. The Morgan fingerprint density at radius 2 is 1.64 bits per heavy atom. The Morgan fingerprint density at radius 3 is 2.25 bits per heavy atom. The van der Waals surface area contributed by atoms with Gasteiger partial charge < -0.3 is 14.8 Å². The summed E-state index contributed by atoms with van der Waals surface area (Å²) in [5.74, 6) is 0.934. The van der Waals surface area contributed by atoms with Crippen LogP contribution in [-0.2, 0) is 10.0 Å². The molecule has 7 nitrogen and oxygen atoms in total. The molecule has 0 spiro atoms. The average molecular weight is 404 g/mol. The van der Waals surface area contributed by atoms with Crippen molar-refractivity contribution >= 4 is 27.3 Å². The van der Waals surface area contributed by atoms with Crippen LogP contribution in [0.1, 0.15) is 36.0 Å². The van der Waals surface area contributed by atoms with E-state index in [1.807, 2.05) is 0 Å². The molecule has 8 heteroatoms. The molecule has 0 aromatic heterocycles. The number of ether oxygens (including phenoxy) is 2. The van der Waals surface area contributed by atoms with Gasteiger partial charge in [-0.2, -0.15) is 0 Å². The van der Waals surface area contributed by atoms with E-state index in [2.05, 4.69) is 10.0 Å². The summed E-state index contributed by atoms with van der Waals surface area (Å²) >= 11 is 0. The fourth-order valence-electron chi connectivity index (χ4n) is 3.14. The van der Waals surface area contributed by atoms with Gasteiger partial charge in [-0.15, -0.1) is 0 Å². The lowest BCUT2D eigenvalue weighted by Crippen LogP contribution is -2.14. The standard InChI is InChI=1S/C20H24N2O5S/c1-26-18-12-11-16(13-19(18)27-17-5-3-4-6-17)21-20(23)14-7-9-15(10-8-14)22-28(2,24)25/h7-13,17,22H,3-6H2,1-2H3,(H,21,23). The second-order valence-corrected chi connectivity index (χ2v) is 8.54. The molecule has 0 aliphatic heterocycles. The van der Waals surface area contributed by atoms with Crippen LogP contribution >= 0.6 is 0 Å². The molecule has 1 aliphatic carbocycles. The summed E-state index contributed by atoms with van der Waals surface area (Å²) in [5.41, 5.74) is 1.40. The van der Waals surface area contributed by atoms with Crippen molar-refractivity contribution in [2.45, 2.75) is 31.8 Å². The molecule has 1 fully saturated rings. The van der Waals surface area contributed by atoms with Crippen molar-refractivity contribution < 1.29 is 22.7 Å². The summed E-state index contributed by atoms with van der Waals surface area (Å²) in [6.45, 7) is 0. The summed E-state index contributed by atoms with van der Waals surface area (Å²) < 4.78 is 36.3. The minimum atomic E-state index is -3.36. The van der Waals surface area contributed by atoms with Gasteiger partial charge in [-0.3, -0.25) is 9.52 Å². The monoisotopic (exact) mass is 404 g/mol. The Morgan fingerprint density at radius 1 is 1.00 bits per heavy atom. The lowest BCUT2D eigenvalue weighted by Gasteiger charge is -2.17. The second kappa shape index (κ2) is 8.52. The van der Waals surface area contributed by atoms with Crippen LogP contribution in [0.4, 0.5) is 11.4 Å². The highest BCUT2D eigenvalue weighted by atomic mass is 32.2. The van der Waals surface area contributed by atoms with Crippen molar-refractivity contribution in [3.05, 3.63) is 48.0 Å². The van der Waals surface area contributed by atoms with Crippen molar-refractivity contribution in [2.24, 2.45) is 0 Å². The predicted molar refractivity (Wildman–Crippen MR) is 109 cm³/mol. The van der Waals surface area contributed by atoms with E-state index in [1.165, 1.54) is 0 Å². The van der Waals surface area contributed by atoms with Gasteiger partial charge in [-0.25, -0.2) is 8.42 Å². The quantitative estimate of drug-likeness (QED) is 0.735. The average Bonchev–Trinajstić information content (AvgIpc) is 3.14. The van der Waals surface area contributed by atoms with Gasteiger partial charge in [-0.1, -0.05) is 0 Å². The van der Waals surface area contributed by atoms with E-state index in [0.29, 0.717) is 28.4 Å². The van der Waals surface area contributed by atoms with Crippen molar-refractivity contribution in [3.63, 3.8) is 0 Å². The molecule has 0 heterocycles. The first-order chi connectivity index (χ1) is 13.3. The lowest BCUT2D eigenvalue weighted by molar-refractivity contribution is 0.102. The zero-order valence-electron chi connectivity index (χ0n) is 15.9. The first-order valence-electron chi connectivity index (χ1n) is 9.08. The van der Waals surface area contributed by atoms with Crippen molar-refractivity contribution in [1.29, 1.82) is 0 Å². The number of amides is 1. The zero-order chi connectivity index (χ0) is 20.1. The van der Waals surface area contributed by atoms with Crippen LogP contribution < -0.4 is 19.5 Å². The van der Waals surface area contributed by atoms with E-state index >= 15 is 0 Å². The second-order valence-electron chi connectivity index (χ2n) is 6.80. The molecule has 0 unspecified atom stereocenters. The molecular formula is C20H24N2O5S. The van der Waals surface area contributed by atoms with Crippen molar-refractivity contribution in [3.8, 4) is 11.5 Å². The number of methoxy groups -OCH3 is 1. The van der Waals surface area contributed by atoms with E-state index in [9.17, 15) is 13.2 Å². The van der Waals surface area contributed by atoms with Gasteiger partial charge in [0.25, 0.3) is 5.91 Å². The Balaban J connectivity index is 1.70. The number of nitrogens with one attached hydrogen (secondary N) is 2. The van der Waals surface area contributed by atoms with E-state index in [0.717, 1.165) is 31.9 Å². The Kier molecular flexibility index (Phi) is 6.08. The molecule has 1 aliphatic rings. The Bertz CT molecular complexity index is 936. The zero-order valence-corrected chi connectivity index (χ0v) is 16.7. The molecule has 1 saturated carbocycles. The van der Waals surface area contributed by atoms with Gasteiger partial charge in [0.2, 0.25) is 10.0 Å². The van der Waals surface area contributed by atoms with Crippen LogP contribution in [-0.4, -0.2) is 33.8 Å². The van der Waals surface area contributed by atoms with Gasteiger partial charge >= 0.3 is 0 Å². The highest BCUT2D eigenvalue weighted by molar-refractivity contribution is 7.92.